The molecule has 0 fully saturated rings. The van der Waals surface area contributed by atoms with Gasteiger partial charge in [0.05, 0.1) is 5.56 Å². The van der Waals surface area contributed by atoms with Crippen molar-refractivity contribution in [3.05, 3.63) is 23.8 Å². The van der Waals surface area contributed by atoms with Crippen LogP contribution in [0.15, 0.2) is 18.2 Å². The molecule has 0 aliphatic rings. The van der Waals surface area contributed by atoms with Crippen LogP contribution < -0.4 is 14.8 Å². The van der Waals surface area contributed by atoms with Gasteiger partial charge < -0.3 is 14.8 Å². The number of carbonyl (C=O) groups is 3. The van der Waals surface area contributed by atoms with Crippen LogP contribution in [0, 0.1) is 0 Å². The van der Waals surface area contributed by atoms with Gasteiger partial charge in [-0.15, -0.1) is 0 Å². The molecule has 0 aliphatic heterocycles. The number of ether oxygens (including phenoxy) is 2. The Kier molecular flexibility index (Phi) is 9.29. The van der Waals surface area contributed by atoms with Crippen molar-refractivity contribution in [1.82, 2.24) is 5.32 Å². The van der Waals surface area contributed by atoms with Gasteiger partial charge in [-0.2, -0.15) is 0 Å². The standard InChI is InChI=1S/C19H27NO5/c1-4-5-6-7-8-9-12-20-19(23)17-13-16(24-14(2)21)10-11-18(17)25-15(3)22/h10-11,13H,4-9,12H2,1-3H3,(H,20,23). The monoisotopic (exact) mass is 349 g/mol. The third-order valence-electron chi connectivity index (χ3n) is 3.53. The fourth-order valence-corrected chi connectivity index (χ4v) is 2.36. The minimum atomic E-state index is -0.523. The van der Waals surface area contributed by atoms with Gasteiger partial charge in [0.25, 0.3) is 5.91 Å². The second kappa shape index (κ2) is 11.2. The minimum Gasteiger partial charge on any atom is -0.427 e. The molecule has 0 aliphatic carbocycles. The van der Waals surface area contributed by atoms with Crippen LogP contribution in [0.4, 0.5) is 0 Å². The molecular formula is C19H27NO5. The van der Waals surface area contributed by atoms with Crippen LogP contribution in [-0.2, 0) is 9.59 Å². The molecule has 25 heavy (non-hydrogen) atoms. The number of nitrogens with one attached hydrogen (secondary N) is 1. The second-order valence-electron chi connectivity index (χ2n) is 5.87. The lowest BCUT2D eigenvalue weighted by atomic mass is 10.1. The topological polar surface area (TPSA) is 81.7 Å². The molecule has 0 unspecified atom stereocenters. The lowest BCUT2D eigenvalue weighted by molar-refractivity contribution is -0.133. The Labute approximate surface area is 148 Å². The van der Waals surface area contributed by atoms with E-state index in [1.165, 1.54) is 51.3 Å². The van der Waals surface area contributed by atoms with Crippen molar-refractivity contribution < 1.29 is 23.9 Å². The Morgan fingerprint density at radius 2 is 1.56 bits per heavy atom. The molecule has 0 atom stereocenters. The van der Waals surface area contributed by atoms with Crippen molar-refractivity contribution in [2.75, 3.05) is 6.54 Å². The Morgan fingerprint density at radius 1 is 0.920 bits per heavy atom. The number of amides is 1. The van der Waals surface area contributed by atoms with Crippen LogP contribution in [0.1, 0.15) is 69.7 Å². The zero-order valence-corrected chi connectivity index (χ0v) is 15.2. The molecule has 6 nitrogen and oxygen atoms in total. The minimum absolute atomic E-state index is 0.142. The molecular weight excluding hydrogens is 322 g/mol. The van der Waals surface area contributed by atoms with Crippen molar-refractivity contribution in [1.29, 1.82) is 0 Å². The Balaban J connectivity index is 2.66. The first-order chi connectivity index (χ1) is 11.9. The molecule has 0 radical (unpaired) electrons. The van der Waals surface area contributed by atoms with E-state index in [9.17, 15) is 14.4 Å². The van der Waals surface area contributed by atoms with E-state index in [0.717, 1.165) is 19.3 Å². The third-order valence-corrected chi connectivity index (χ3v) is 3.53. The molecule has 0 saturated heterocycles. The molecule has 1 aromatic carbocycles. The van der Waals surface area contributed by atoms with Crippen LogP contribution in [-0.4, -0.2) is 24.4 Å². The number of benzene rings is 1. The van der Waals surface area contributed by atoms with Gasteiger partial charge in [0.1, 0.15) is 11.5 Å². The molecule has 138 valence electrons. The summed E-state index contributed by atoms with van der Waals surface area (Å²) in [4.78, 5) is 34.6. The summed E-state index contributed by atoms with van der Waals surface area (Å²) >= 11 is 0. The summed E-state index contributed by atoms with van der Waals surface area (Å²) in [6.45, 7) is 5.25. The van der Waals surface area contributed by atoms with E-state index in [1.54, 1.807) is 0 Å². The van der Waals surface area contributed by atoms with Crippen molar-refractivity contribution in [2.45, 2.75) is 59.3 Å². The van der Waals surface area contributed by atoms with Gasteiger partial charge in [-0.05, 0) is 24.6 Å². The summed E-state index contributed by atoms with van der Waals surface area (Å²) in [5, 5.41) is 2.81. The Morgan fingerprint density at radius 3 is 2.20 bits per heavy atom. The highest BCUT2D eigenvalue weighted by Gasteiger charge is 2.16. The first-order valence-corrected chi connectivity index (χ1v) is 8.73. The molecule has 0 saturated carbocycles. The molecule has 1 N–H and O–H groups in total. The SMILES string of the molecule is CCCCCCCCNC(=O)c1cc(OC(C)=O)ccc1OC(C)=O. The molecule has 0 bridgehead atoms. The summed E-state index contributed by atoms with van der Waals surface area (Å²) in [5.74, 6) is -1.00. The van der Waals surface area contributed by atoms with E-state index in [-0.39, 0.29) is 23.0 Å². The number of unbranched alkanes of at least 4 members (excludes halogenated alkanes) is 5. The number of hydrogen-bond acceptors (Lipinski definition) is 5. The van der Waals surface area contributed by atoms with E-state index >= 15 is 0 Å². The first-order valence-electron chi connectivity index (χ1n) is 8.73. The van der Waals surface area contributed by atoms with E-state index in [4.69, 9.17) is 9.47 Å². The zero-order chi connectivity index (χ0) is 18.7. The number of esters is 2. The van der Waals surface area contributed by atoms with Crippen molar-refractivity contribution in [3.63, 3.8) is 0 Å². The maximum atomic E-state index is 12.4. The molecule has 1 amide bonds. The number of hydrogen-bond donors (Lipinski definition) is 1. The number of carbonyl (C=O) groups excluding carboxylic acids is 3. The van der Waals surface area contributed by atoms with Crippen LogP contribution in [0.25, 0.3) is 0 Å². The van der Waals surface area contributed by atoms with Crippen molar-refractivity contribution in [3.8, 4) is 11.5 Å². The summed E-state index contributed by atoms with van der Waals surface area (Å²) < 4.78 is 10.0. The summed E-state index contributed by atoms with van der Waals surface area (Å²) in [5.41, 5.74) is 0.167. The van der Waals surface area contributed by atoms with Gasteiger partial charge >= 0.3 is 11.9 Å². The van der Waals surface area contributed by atoms with Crippen LogP contribution in [0.3, 0.4) is 0 Å². The first kappa shape index (κ1) is 20.7. The van der Waals surface area contributed by atoms with Gasteiger partial charge in [0.15, 0.2) is 0 Å². The predicted molar refractivity (Wildman–Crippen MR) is 94.8 cm³/mol. The Bertz CT molecular complexity index is 597. The lowest BCUT2D eigenvalue weighted by Crippen LogP contribution is -2.25. The summed E-state index contributed by atoms with van der Waals surface area (Å²) in [6.07, 6.45) is 6.76. The largest absolute Gasteiger partial charge is 0.427 e. The van der Waals surface area contributed by atoms with Gasteiger partial charge in [0, 0.05) is 20.4 Å². The maximum Gasteiger partial charge on any atom is 0.308 e. The van der Waals surface area contributed by atoms with Crippen LogP contribution >= 0.6 is 0 Å². The fraction of sp³-hybridized carbons (Fsp3) is 0.526. The van der Waals surface area contributed by atoms with E-state index in [0.29, 0.717) is 6.54 Å². The second-order valence-corrected chi connectivity index (χ2v) is 5.87. The van der Waals surface area contributed by atoms with Crippen LogP contribution in [0.5, 0.6) is 11.5 Å². The highest BCUT2D eigenvalue weighted by Crippen LogP contribution is 2.25. The zero-order valence-electron chi connectivity index (χ0n) is 15.2. The van der Waals surface area contributed by atoms with Gasteiger partial charge in [-0.1, -0.05) is 39.0 Å². The molecule has 0 spiro atoms. The maximum absolute atomic E-state index is 12.4. The highest BCUT2D eigenvalue weighted by atomic mass is 16.5. The van der Waals surface area contributed by atoms with Gasteiger partial charge in [0.2, 0.25) is 0 Å². The molecule has 1 rings (SSSR count). The predicted octanol–water partition coefficient (Wildman–Crippen LogP) is 3.63. The smallest absolute Gasteiger partial charge is 0.308 e. The van der Waals surface area contributed by atoms with E-state index in [1.807, 2.05) is 0 Å². The molecule has 6 heteroatoms. The lowest BCUT2D eigenvalue weighted by Gasteiger charge is -2.11. The summed E-state index contributed by atoms with van der Waals surface area (Å²) in [6, 6.07) is 4.32. The Hall–Kier alpha value is -2.37. The van der Waals surface area contributed by atoms with Crippen molar-refractivity contribution >= 4 is 17.8 Å². The van der Waals surface area contributed by atoms with Gasteiger partial charge in [-0.25, -0.2) is 0 Å². The third kappa shape index (κ3) is 8.33. The average Bonchev–Trinajstić information content (AvgIpc) is 2.54. The quantitative estimate of drug-likeness (QED) is 0.396. The van der Waals surface area contributed by atoms with Crippen molar-refractivity contribution in [2.24, 2.45) is 0 Å². The van der Waals surface area contributed by atoms with Crippen LogP contribution in [0.2, 0.25) is 0 Å². The van der Waals surface area contributed by atoms with E-state index in [2.05, 4.69) is 12.2 Å². The molecule has 1 aromatic rings. The molecule has 0 heterocycles. The van der Waals surface area contributed by atoms with E-state index < -0.39 is 11.9 Å². The normalized spacial score (nSPS) is 10.2. The fourth-order valence-electron chi connectivity index (χ4n) is 2.36. The van der Waals surface area contributed by atoms with Gasteiger partial charge in [-0.3, -0.25) is 14.4 Å². The average molecular weight is 349 g/mol. The highest BCUT2D eigenvalue weighted by molar-refractivity contribution is 5.98. The summed E-state index contributed by atoms with van der Waals surface area (Å²) in [7, 11) is 0. The number of rotatable bonds is 10. The molecule has 0 aromatic heterocycles.